The lowest BCUT2D eigenvalue weighted by atomic mass is 9.56. The molecular formula is C31H27BrCl2N2O8. The maximum atomic E-state index is 14.2. The van der Waals surface area contributed by atoms with E-state index in [1.165, 1.54) is 33.3 Å². The van der Waals surface area contributed by atoms with Crippen LogP contribution in [0, 0.1) is 17.8 Å². The number of anilines is 1. The van der Waals surface area contributed by atoms with Crippen LogP contribution in [-0.4, -0.2) is 68.8 Å². The van der Waals surface area contributed by atoms with Crippen LogP contribution in [0.1, 0.15) is 41.6 Å². The van der Waals surface area contributed by atoms with Gasteiger partial charge >= 0.3 is 0 Å². The number of likely N-dealkylation sites (tertiary alicyclic amines) is 1. The molecule has 2 heterocycles. The molecule has 4 aliphatic rings. The summed E-state index contributed by atoms with van der Waals surface area (Å²) in [4.78, 5) is 65.4. The number of hydrogen-bond acceptors (Lipinski definition) is 8. The molecule has 13 heteroatoms. The van der Waals surface area contributed by atoms with Gasteiger partial charge in [0.05, 0.1) is 37.2 Å². The van der Waals surface area contributed by atoms with Gasteiger partial charge in [-0.1, -0.05) is 27.6 Å². The Bertz CT molecular complexity index is 1680. The van der Waals surface area contributed by atoms with Gasteiger partial charge in [-0.2, -0.15) is 0 Å². The Balaban J connectivity index is 1.53. The molecule has 2 saturated heterocycles. The highest BCUT2D eigenvalue weighted by Gasteiger charge is 2.76. The van der Waals surface area contributed by atoms with Gasteiger partial charge in [0.25, 0.3) is 11.8 Å². The molecule has 44 heavy (non-hydrogen) atoms. The van der Waals surface area contributed by atoms with Gasteiger partial charge < -0.3 is 14.6 Å². The maximum absolute atomic E-state index is 14.2. The third kappa shape index (κ3) is 3.94. The fraction of sp³-hybridized carbons (Fsp3) is 0.387. The summed E-state index contributed by atoms with van der Waals surface area (Å²) in [5, 5.41) is 11.3. The topological polar surface area (TPSA) is 131 Å². The second-order valence-corrected chi connectivity index (χ2v) is 13.1. The zero-order valence-corrected chi connectivity index (χ0v) is 26.9. The summed E-state index contributed by atoms with van der Waals surface area (Å²) < 4.78 is 10.9. The number of benzene rings is 2. The van der Waals surface area contributed by atoms with E-state index in [1.807, 2.05) is 0 Å². The van der Waals surface area contributed by atoms with Crippen molar-refractivity contribution in [1.29, 1.82) is 0 Å². The highest BCUT2D eigenvalue weighted by molar-refractivity contribution is 9.09. The number of allylic oxidation sites excluding steroid dienone is 2. The van der Waals surface area contributed by atoms with Crippen molar-refractivity contribution in [2.45, 2.75) is 35.4 Å². The summed E-state index contributed by atoms with van der Waals surface area (Å²) in [5.74, 6) is -6.19. The fourth-order valence-corrected chi connectivity index (χ4v) is 8.74. The molecule has 6 atom stereocenters. The molecule has 0 radical (unpaired) electrons. The van der Waals surface area contributed by atoms with E-state index in [0.29, 0.717) is 16.8 Å². The Labute approximate surface area is 271 Å². The average Bonchev–Trinajstić information content (AvgIpc) is 3.34. The molecule has 2 aromatic carbocycles. The van der Waals surface area contributed by atoms with Gasteiger partial charge in [0.15, 0.2) is 15.5 Å². The first-order valence-electron chi connectivity index (χ1n) is 13.8. The quantitative estimate of drug-likeness (QED) is 0.153. The van der Waals surface area contributed by atoms with Gasteiger partial charge in [0.2, 0.25) is 11.8 Å². The standard InChI is InChI=1S/C31H27BrCl2N2O8/c1-14(37)15-4-6-16(7-5-15)36-26(39)19-9-8-18-20(23(19)27(36)40)12-30(33)28(41)35(13-32)29(42)31(30,34)25(18)24-21(38)10-17(43-2)11-22(24)44-3/h4-8,10-11,19-20,23,25,38H,9,12-13H2,1-3H3. The van der Waals surface area contributed by atoms with Crippen molar-refractivity contribution >= 4 is 74.2 Å². The molecule has 230 valence electrons. The van der Waals surface area contributed by atoms with E-state index < -0.39 is 57.0 Å². The van der Waals surface area contributed by atoms with E-state index in [-0.39, 0.29) is 46.9 Å². The highest BCUT2D eigenvalue weighted by atomic mass is 79.9. The van der Waals surface area contributed by atoms with Crippen LogP contribution >= 0.6 is 39.1 Å². The minimum absolute atomic E-state index is 0.105. The molecule has 2 aromatic rings. The molecular weight excluding hydrogens is 679 g/mol. The lowest BCUT2D eigenvalue weighted by Crippen LogP contribution is -2.60. The number of carbonyl (C=O) groups is 5. The van der Waals surface area contributed by atoms with Crippen molar-refractivity contribution < 1.29 is 38.6 Å². The fourth-order valence-electron chi connectivity index (χ4n) is 7.33. The normalized spacial score (nSPS) is 31.0. The summed E-state index contributed by atoms with van der Waals surface area (Å²) in [7, 11) is 2.79. The summed E-state index contributed by atoms with van der Waals surface area (Å²) in [6.45, 7) is 1.42. The first-order chi connectivity index (χ1) is 20.8. The van der Waals surface area contributed by atoms with E-state index in [1.54, 1.807) is 30.3 Å². The van der Waals surface area contributed by atoms with E-state index in [0.717, 1.165) is 9.80 Å². The Morgan fingerprint density at radius 1 is 1.02 bits per heavy atom. The Morgan fingerprint density at radius 3 is 2.30 bits per heavy atom. The number of amides is 4. The average molecular weight is 706 g/mol. The predicted molar refractivity (Wildman–Crippen MR) is 163 cm³/mol. The van der Waals surface area contributed by atoms with Crippen molar-refractivity contribution in [1.82, 2.24) is 4.90 Å². The van der Waals surface area contributed by atoms with Crippen LogP contribution in [0.25, 0.3) is 0 Å². The zero-order chi connectivity index (χ0) is 31.9. The number of nitrogens with zero attached hydrogens (tertiary/aromatic N) is 2. The second-order valence-electron chi connectivity index (χ2n) is 11.4. The summed E-state index contributed by atoms with van der Waals surface area (Å²) in [5.41, 5.74) is 1.18. The maximum Gasteiger partial charge on any atom is 0.254 e. The molecule has 3 fully saturated rings. The van der Waals surface area contributed by atoms with Crippen molar-refractivity contribution in [3.63, 3.8) is 0 Å². The number of rotatable bonds is 6. The van der Waals surface area contributed by atoms with Crippen molar-refractivity contribution in [3.05, 3.63) is 59.2 Å². The van der Waals surface area contributed by atoms with E-state index in [2.05, 4.69) is 15.9 Å². The van der Waals surface area contributed by atoms with E-state index >= 15 is 0 Å². The van der Waals surface area contributed by atoms with Gasteiger partial charge in [0.1, 0.15) is 17.2 Å². The number of phenolic OH excluding ortho intramolecular Hbond substituents is 1. The van der Waals surface area contributed by atoms with Gasteiger partial charge in [0, 0.05) is 29.2 Å². The number of alkyl halides is 3. The van der Waals surface area contributed by atoms with Crippen LogP contribution in [0.4, 0.5) is 5.69 Å². The number of aromatic hydroxyl groups is 1. The van der Waals surface area contributed by atoms with Crippen molar-refractivity contribution in [3.8, 4) is 17.2 Å². The van der Waals surface area contributed by atoms with Crippen molar-refractivity contribution in [2.75, 3.05) is 24.6 Å². The number of Topliss-reactive ketones (excluding diaryl/α,β-unsaturated/α-hetero) is 1. The number of imide groups is 2. The third-order valence-corrected chi connectivity index (χ3v) is 11.3. The number of methoxy groups -OCH3 is 2. The Hall–Kier alpha value is -3.41. The molecule has 4 amide bonds. The molecule has 1 N–H and O–H groups in total. The highest BCUT2D eigenvalue weighted by Crippen LogP contribution is 2.67. The molecule has 0 aromatic heterocycles. The number of hydrogen-bond donors (Lipinski definition) is 1. The molecule has 1 saturated carbocycles. The lowest BCUT2D eigenvalue weighted by molar-refractivity contribution is -0.138. The van der Waals surface area contributed by atoms with Crippen LogP contribution in [-0.2, 0) is 19.2 Å². The van der Waals surface area contributed by atoms with Gasteiger partial charge in [-0.3, -0.25) is 33.8 Å². The van der Waals surface area contributed by atoms with Gasteiger partial charge in [-0.15, -0.1) is 23.2 Å². The van der Waals surface area contributed by atoms with E-state index in [9.17, 15) is 29.1 Å². The first-order valence-corrected chi connectivity index (χ1v) is 15.7. The zero-order valence-electron chi connectivity index (χ0n) is 23.8. The number of halogens is 3. The summed E-state index contributed by atoms with van der Waals surface area (Å²) in [6, 6.07) is 9.04. The SMILES string of the molecule is COc1cc(O)c(C2C3=CCC4C(=O)N(c5ccc(C(C)=O)cc5)C(=O)C4C3CC3(Cl)C(=O)N(CBr)C(=O)C23Cl)c(OC)c1. The molecule has 0 spiro atoms. The lowest BCUT2D eigenvalue weighted by Gasteiger charge is -2.51. The van der Waals surface area contributed by atoms with Gasteiger partial charge in [-0.25, -0.2) is 0 Å². The van der Waals surface area contributed by atoms with Crippen molar-refractivity contribution in [2.24, 2.45) is 17.8 Å². The molecule has 0 bridgehead atoms. The minimum atomic E-state index is -2.11. The first kappa shape index (κ1) is 30.6. The number of carbonyl (C=O) groups excluding carboxylic acids is 5. The second kappa shape index (κ2) is 10.6. The summed E-state index contributed by atoms with van der Waals surface area (Å²) >= 11 is 17.7. The Kier molecular flexibility index (Phi) is 7.37. The summed E-state index contributed by atoms with van der Waals surface area (Å²) in [6.07, 6.45) is 1.71. The number of phenols is 1. The minimum Gasteiger partial charge on any atom is -0.507 e. The monoisotopic (exact) mass is 704 g/mol. The van der Waals surface area contributed by atoms with E-state index in [4.69, 9.17) is 32.7 Å². The Morgan fingerprint density at radius 2 is 1.70 bits per heavy atom. The van der Waals surface area contributed by atoms with Crippen LogP contribution in [0.5, 0.6) is 17.2 Å². The largest absolute Gasteiger partial charge is 0.507 e. The van der Waals surface area contributed by atoms with Crippen LogP contribution in [0.2, 0.25) is 0 Å². The van der Waals surface area contributed by atoms with Crippen LogP contribution in [0.15, 0.2) is 48.0 Å². The molecule has 10 nitrogen and oxygen atoms in total. The molecule has 2 aliphatic heterocycles. The molecule has 6 rings (SSSR count). The number of ketones is 1. The number of ether oxygens (including phenoxy) is 2. The number of fused-ring (bicyclic) bond motifs is 4. The van der Waals surface area contributed by atoms with Crippen LogP contribution in [0.3, 0.4) is 0 Å². The predicted octanol–water partition coefficient (Wildman–Crippen LogP) is 4.53. The third-order valence-electron chi connectivity index (χ3n) is 9.38. The van der Waals surface area contributed by atoms with Gasteiger partial charge in [-0.05, 0) is 49.9 Å². The molecule has 2 aliphatic carbocycles. The molecule has 6 unspecified atom stereocenters. The van der Waals surface area contributed by atoms with Crippen LogP contribution < -0.4 is 14.4 Å². The smallest absolute Gasteiger partial charge is 0.254 e.